The largest absolute Gasteiger partial charge is 0.486 e. The number of hydrogen-bond donors (Lipinski definition) is 0. The van der Waals surface area contributed by atoms with Gasteiger partial charge in [0.15, 0.2) is 0 Å². The zero-order valence-electron chi connectivity index (χ0n) is 15.5. The van der Waals surface area contributed by atoms with Crippen molar-refractivity contribution in [2.75, 3.05) is 6.61 Å². The van der Waals surface area contributed by atoms with Crippen LogP contribution in [0.3, 0.4) is 0 Å². The predicted octanol–water partition coefficient (Wildman–Crippen LogP) is 5.44. The predicted molar refractivity (Wildman–Crippen MR) is 97.1 cm³/mol. The molecular formula is C22H21F3O3. The van der Waals surface area contributed by atoms with Crippen LogP contribution in [0.15, 0.2) is 42.5 Å². The van der Waals surface area contributed by atoms with Crippen molar-refractivity contribution in [2.24, 2.45) is 5.92 Å². The Morgan fingerprint density at radius 3 is 2.57 bits per heavy atom. The minimum Gasteiger partial charge on any atom is -0.486 e. The first-order chi connectivity index (χ1) is 13.4. The van der Waals surface area contributed by atoms with Crippen molar-refractivity contribution < 1.29 is 27.4 Å². The van der Waals surface area contributed by atoms with Crippen molar-refractivity contribution in [3.05, 3.63) is 64.7 Å². The van der Waals surface area contributed by atoms with Gasteiger partial charge in [0.25, 0.3) is 0 Å². The summed E-state index contributed by atoms with van der Waals surface area (Å²) in [4.78, 5) is 11.8. The lowest BCUT2D eigenvalue weighted by atomic mass is 10.0. The van der Waals surface area contributed by atoms with Crippen molar-refractivity contribution in [2.45, 2.75) is 44.4 Å². The van der Waals surface area contributed by atoms with Gasteiger partial charge in [-0.3, -0.25) is 4.79 Å². The minimum absolute atomic E-state index is 0.0748. The minimum atomic E-state index is -4.35. The quantitative estimate of drug-likeness (QED) is 0.638. The van der Waals surface area contributed by atoms with Gasteiger partial charge in [-0.05, 0) is 67.0 Å². The lowest BCUT2D eigenvalue weighted by molar-refractivity contribution is -0.144. The van der Waals surface area contributed by atoms with E-state index < -0.39 is 11.7 Å². The maximum atomic E-state index is 13.2. The lowest BCUT2D eigenvalue weighted by Gasteiger charge is -2.17. The molecule has 0 amide bonds. The van der Waals surface area contributed by atoms with Crippen LogP contribution in [0.2, 0.25) is 0 Å². The van der Waals surface area contributed by atoms with Crippen LogP contribution in [-0.4, -0.2) is 12.6 Å². The number of hydrogen-bond acceptors (Lipinski definition) is 3. The molecule has 0 unspecified atom stereocenters. The fourth-order valence-corrected chi connectivity index (χ4v) is 4.04. The molecule has 2 aliphatic rings. The molecule has 2 aliphatic carbocycles. The van der Waals surface area contributed by atoms with Gasteiger partial charge in [-0.25, -0.2) is 0 Å². The zero-order valence-corrected chi connectivity index (χ0v) is 15.5. The van der Waals surface area contributed by atoms with Gasteiger partial charge in [0.1, 0.15) is 11.9 Å². The van der Waals surface area contributed by atoms with Crippen LogP contribution in [0.25, 0.3) is 0 Å². The maximum absolute atomic E-state index is 13.2. The van der Waals surface area contributed by atoms with Gasteiger partial charge >= 0.3 is 12.1 Å². The Hall–Kier alpha value is -2.50. The smallest absolute Gasteiger partial charge is 0.416 e. The molecule has 0 aromatic heterocycles. The summed E-state index contributed by atoms with van der Waals surface area (Å²) in [5.74, 6) is 0.562. The highest BCUT2D eigenvalue weighted by molar-refractivity contribution is 5.77. The average Bonchev–Trinajstić information content (AvgIpc) is 3.37. The number of fused-ring (bicyclic) bond motifs is 1. The first kappa shape index (κ1) is 18.8. The summed E-state index contributed by atoms with van der Waals surface area (Å²) in [6, 6.07) is 11.8. The highest BCUT2D eigenvalue weighted by atomic mass is 19.4. The topological polar surface area (TPSA) is 35.5 Å². The van der Waals surface area contributed by atoms with E-state index in [0.29, 0.717) is 36.3 Å². The van der Waals surface area contributed by atoms with Crippen molar-refractivity contribution in [3.8, 4) is 5.75 Å². The van der Waals surface area contributed by atoms with Gasteiger partial charge in [-0.15, -0.1) is 0 Å². The van der Waals surface area contributed by atoms with E-state index >= 15 is 0 Å². The molecule has 2 aromatic rings. The average molecular weight is 390 g/mol. The Labute approximate surface area is 161 Å². The Morgan fingerprint density at radius 2 is 1.89 bits per heavy atom. The van der Waals surface area contributed by atoms with Gasteiger partial charge in [-0.2, -0.15) is 13.2 Å². The Bertz CT molecular complexity index is 874. The summed E-state index contributed by atoms with van der Waals surface area (Å²) in [5.41, 5.74) is 1.44. The SMILES string of the molecule is CCOC(=O)[C@H]1C[C@@H]1c1ccc(O[C@@H]2CCc3c2cccc3C(F)(F)F)cc1. The van der Waals surface area contributed by atoms with Gasteiger partial charge < -0.3 is 9.47 Å². The van der Waals surface area contributed by atoms with E-state index in [0.717, 1.165) is 18.1 Å². The van der Waals surface area contributed by atoms with Crippen molar-refractivity contribution in [1.82, 2.24) is 0 Å². The third-order valence-electron chi connectivity index (χ3n) is 5.49. The molecule has 2 aromatic carbocycles. The monoisotopic (exact) mass is 390 g/mol. The molecule has 3 nitrogen and oxygen atoms in total. The van der Waals surface area contributed by atoms with Gasteiger partial charge in [-0.1, -0.05) is 24.3 Å². The molecule has 0 heterocycles. The lowest BCUT2D eigenvalue weighted by Crippen LogP contribution is -2.09. The zero-order chi connectivity index (χ0) is 19.9. The fourth-order valence-electron chi connectivity index (χ4n) is 4.04. The molecular weight excluding hydrogens is 369 g/mol. The van der Waals surface area contributed by atoms with E-state index in [2.05, 4.69) is 0 Å². The number of benzene rings is 2. The second-order valence-corrected chi connectivity index (χ2v) is 7.29. The van der Waals surface area contributed by atoms with E-state index in [4.69, 9.17) is 9.47 Å². The van der Waals surface area contributed by atoms with E-state index in [1.54, 1.807) is 13.0 Å². The third-order valence-corrected chi connectivity index (χ3v) is 5.49. The number of esters is 1. The van der Waals surface area contributed by atoms with Crippen LogP contribution in [0.1, 0.15) is 54.0 Å². The van der Waals surface area contributed by atoms with E-state index in [1.807, 2.05) is 24.3 Å². The molecule has 28 heavy (non-hydrogen) atoms. The number of alkyl halides is 3. The van der Waals surface area contributed by atoms with Crippen molar-refractivity contribution in [1.29, 1.82) is 0 Å². The molecule has 1 saturated carbocycles. The first-order valence-corrected chi connectivity index (χ1v) is 9.50. The van der Waals surface area contributed by atoms with Gasteiger partial charge in [0, 0.05) is 0 Å². The molecule has 0 spiro atoms. The highest BCUT2D eigenvalue weighted by Crippen LogP contribution is 2.48. The second-order valence-electron chi connectivity index (χ2n) is 7.29. The summed E-state index contributed by atoms with van der Waals surface area (Å²) in [7, 11) is 0. The van der Waals surface area contributed by atoms with Gasteiger partial charge in [0.2, 0.25) is 0 Å². The Kier molecular flexibility index (Phi) is 4.81. The summed E-state index contributed by atoms with van der Waals surface area (Å²) in [5, 5.41) is 0. The molecule has 1 fully saturated rings. The van der Waals surface area contributed by atoms with E-state index in [-0.39, 0.29) is 23.9 Å². The first-order valence-electron chi connectivity index (χ1n) is 9.50. The molecule has 0 bridgehead atoms. The standard InChI is InChI=1S/C22H21F3O3/c1-2-27-21(26)18-12-17(18)13-6-8-14(9-7-13)28-20-11-10-15-16(20)4-3-5-19(15)22(23,24)25/h3-9,17-18,20H,2,10-12H2,1H3/t17-,18+,20-/m1/s1. The van der Waals surface area contributed by atoms with E-state index in [9.17, 15) is 18.0 Å². The Morgan fingerprint density at radius 1 is 1.14 bits per heavy atom. The normalized spacial score (nSPS) is 23.2. The molecule has 4 rings (SSSR count). The molecule has 6 heteroatoms. The summed E-state index contributed by atoms with van der Waals surface area (Å²) in [6.07, 6.45) is -3.05. The third kappa shape index (κ3) is 3.60. The number of carbonyl (C=O) groups excluding carboxylic acids is 1. The molecule has 0 aliphatic heterocycles. The molecule has 3 atom stereocenters. The Balaban J connectivity index is 1.44. The number of rotatable bonds is 5. The van der Waals surface area contributed by atoms with Gasteiger partial charge in [0.05, 0.1) is 18.1 Å². The van der Waals surface area contributed by atoms with Crippen LogP contribution in [0.5, 0.6) is 5.75 Å². The van der Waals surface area contributed by atoms with Crippen molar-refractivity contribution >= 4 is 5.97 Å². The van der Waals surface area contributed by atoms with Crippen LogP contribution < -0.4 is 4.74 Å². The van der Waals surface area contributed by atoms with Crippen LogP contribution in [0.4, 0.5) is 13.2 Å². The maximum Gasteiger partial charge on any atom is 0.416 e. The van der Waals surface area contributed by atoms with Crippen LogP contribution >= 0.6 is 0 Å². The molecule has 0 radical (unpaired) electrons. The molecule has 148 valence electrons. The fraction of sp³-hybridized carbons (Fsp3) is 0.409. The second kappa shape index (κ2) is 7.15. The number of halogens is 3. The molecule has 0 saturated heterocycles. The van der Waals surface area contributed by atoms with Crippen LogP contribution in [0, 0.1) is 5.92 Å². The summed E-state index contributed by atoms with van der Waals surface area (Å²) >= 11 is 0. The number of carbonyl (C=O) groups is 1. The summed E-state index contributed by atoms with van der Waals surface area (Å²) < 4.78 is 50.6. The number of ether oxygens (including phenoxy) is 2. The van der Waals surface area contributed by atoms with Crippen LogP contribution in [-0.2, 0) is 22.1 Å². The summed E-state index contributed by atoms with van der Waals surface area (Å²) in [6.45, 7) is 2.17. The molecule has 0 N–H and O–H groups in total. The van der Waals surface area contributed by atoms with E-state index in [1.165, 1.54) is 6.07 Å². The van der Waals surface area contributed by atoms with Crippen molar-refractivity contribution in [3.63, 3.8) is 0 Å². The highest BCUT2D eigenvalue weighted by Gasteiger charge is 2.45.